The van der Waals surface area contributed by atoms with Crippen LogP contribution in [-0.2, 0) is 0 Å². The molecule has 0 aliphatic carbocycles. The predicted molar refractivity (Wildman–Crippen MR) is 132 cm³/mol. The maximum atomic E-state index is 10.3. The molecule has 4 aromatic rings. The summed E-state index contributed by atoms with van der Waals surface area (Å²) in [5.74, 6) is 1.67. The van der Waals surface area contributed by atoms with Gasteiger partial charge < -0.3 is 29.8 Å². The molecule has 1 atom stereocenters. The molecule has 0 aliphatic rings. The third-order valence-electron chi connectivity index (χ3n) is 5.65. The average Bonchev–Trinajstić information content (AvgIpc) is 3.19. The molecule has 0 saturated heterocycles. The Kier molecular flexibility index (Phi) is 6.88. The lowest BCUT2D eigenvalue weighted by Crippen LogP contribution is -2.36. The summed E-state index contributed by atoms with van der Waals surface area (Å²) < 4.78 is 11.5. The van der Waals surface area contributed by atoms with Crippen LogP contribution in [0.3, 0.4) is 0 Å². The van der Waals surface area contributed by atoms with Gasteiger partial charge in [-0.2, -0.15) is 0 Å². The normalized spacial score (nSPS) is 12.6. The summed E-state index contributed by atoms with van der Waals surface area (Å²) in [5, 5.41) is 16.1. The first kappa shape index (κ1) is 23.1. The van der Waals surface area contributed by atoms with Crippen LogP contribution in [0.2, 0.25) is 5.02 Å². The van der Waals surface area contributed by atoms with Crippen LogP contribution < -0.4 is 14.8 Å². The van der Waals surface area contributed by atoms with Crippen LogP contribution in [0.15, 0.2) is 42.9 Å². The number of H-pyrrole nitrogens is 1. The van der Waals surface area contributed by atoms with Crippen molar-refractivity contribution in [3.8, 4) is 11.5 Å². The van der Waals surface area contributed by atoms with Gasteiger partial charge in [0.25, 0.3) is 0 Å². The van der Waals surface area contributed by atoms with E-state index in [2.05, 4.69) is 39.0 Å². The molecule has 3 N–H and O–H groups in total. The number of nitrogens with zero attached hydrogens (tertiary/aromatic N) is 3. The van der Waals surface area contributed by atoms with Gasteiger partial charge >= 0.3 is 0 Å². The molecule has 0 bridgehead atoms. The molecule has 2 aromatic carbocycles. The molecule has 33 heavy (non-hydrogen) atoms. The molecule has 2 heterocycles. The molecule has 174 valence electrons. The Bertz CT molecular complexity index is 1260. The molecule has 9 heteroatoms. The minimum absolute atomic E-state index is 0.144. The van der Waals surface area contributed by atoms with Crippen molar-refractivity contribution in [2.24, 2.45) is 0 Å². The fraction of sp³-hybridized carbons (Fsp3) is 0.333. The first-order chi connectivity index (χ1) is 15.9. The van der Waals surface area contributed by atoms with Crippen molar-refractivity contribution in [2.75, 3.05) is 32.6 Å². The number of methoxy groups -OCH3 is 1. The molecule has 0 spiro atoms. The van der Waals surface area contributed by atoms with Crippen molar-refractivity contribution < 1.29 is 14.6 Å². The molecular formula is C24H28ClN5O3. The van der Waals surface area contributed by atoms with E-state index in [1.165, 1.54) is 6.33 Å². The second-order valence-corrected chi connectivity index (χ2v) is 8.64. The van der Waals surface area contributed by atoms with E-state index in [1.54, 1.807) is 19.4 Å². The van der Waals surface area contributed by atoms with Gasteiger partial charge in [0.15, 0.2) is 11.5 Å². The van der Waals surface area contributed by atoms with Crippen molar-refractivity contribution in [1.29, 1.82) is 0 Å². The maximum Gasteiger partial charge on any atom is 0.163 e. The van der Waals surface area contributed by atoms with Gasteiger partial charge in [-0.25, -0.2) is 9.97 Å². The monoisotopic (exact) mass is 469 g/mol. The number of likely N-dealkylation sites (N-methyl/N-ethyl adjacent to an activating group) is 1. The van der Waals surface area contributed by atoms with E-state index < -0.39 is 6.10 Å². The van der Waals surface area contributed by atoms with Crippen LogP contribution in [0.1, 0.15) is 13.8 Å². The second-order valence-electron chi connectivity index (χ2n) is 8.23. The summed E-state index contributed by atoms with van der Waals surface area (Å²) in [7, 11) is 3.55. The number of halogens is 1. The highest BCUT2D eigenvalue weighted by Gasteiger charge is 2.16. The molecule has 8 nitrogen and oxygen atoms in total. The topological polar surface area (TPSA) is 95.5 Å². The summed E-state index contributed by atoms with van der Waals surface area (Å²) >= 11 is 6.26. The highest BCUT2D eigenvalue weighted by atomic mass is 35.5. The van der Waals surface area contributed by atoms with E-state index in [4.69, 9.17) is 21.1 Å². The molecular weight excluding hydrogens is 442 g/mol. The number of aromatic amines is 1. The summed E-state index contributed by atoms with van der Waals surface area (Å²) in [5.41, 5.74) is 2.42. The van der Waals surface area contributed by atoms with Crippen LogP contribution in [-0.4, -0.2) is 64.4 Å². The van der Waals surface area contributed by atoms with Crippen LogP contribution in [0.5, 0.6) is 11.5 Å². The fourth-order valence-corrected chi connectivity index (χ4v) is 3.78. The number of anilines is 2. The smallest absolute Gasteiger partial charge is 0.163 e. The van der Waals surface area contributed by atoms with E-state index in [0.717, 1.165) is 22.0 Å². The van der Waals surface area contributed by atoms with Gasteiger partial charge in [0.05, 0.1) is 28.9 Å². The number of para-hydroxylation sites is 1. The van der Waals surface area contributed by atoms with E-state index in [0.29, 0.717) is 40.4 Å². The van der Waals surface area contributed by atoms with Gasteiger partial charge in [-0.05, 0) is 33.0 Å². The first-order valence-corrected chi connectivity index (χ1v) is 11.1. The number of hydrogen-bond donors (Lipinski definition) is 3. The third kappa shape index (κ3) is 4.98. The molecule has 4 rings (SSSR count). The SMILES string of the molecule is COc1cc2c(Nc3cccc4c(Cl)c[nH]c34)ncnc2cc1OCC(O)CN(C)C(C)C. The Morgan fingerprint density at radius 3 is 2.76 bits per heavy atom. The molecule has 2 aromatic heterocycles. The Hall–Kier alpha value is -3.07. The number of nitrogens with one attached hydrogen (secondary N) is 2. The first-order valence-electron chi connectivity index (χ1n) is 10.7. The number of hydrogen-bond acceptors (Lipinski definition) is 7. The predicted octanol–water partition coefficient (Wildman–Crippen LogP) is 4.60. The van der Waals surface area contributed by atoms with Crippen molar-refractivity contribution in [2.45, 2.75) is 26.0 Å². The second kappa shape index (κ2) is 9.82. The minimum Gasteiger partial charge on any atom is -0.493 e. The molecule has 0 aliphatic heterocycles. The van der Waals surface area contributed by atoms with E-state index in [9.17, 15) is 5.11 Å². The standard InChI is InChI=1S/C24H28ClN5O3/c1-14(2)30(3)11-15(31)12-33-22-9-20-17(8-21(22)32-4)24(28-13-27-20)29-19-7-5-6-16-18(25)10-26-23(16)19/h5-10,13-15,26,31H,11-12H2,1-4H3,(H,27,28,29). The van der Waals surface area contributed by atoms with Crippen LogP contribution >= 0.6 is 11.6 Å². The zero-order valence-electron chi connectivity index (χ0n) is 19.1. The molecule has 0 amide bonds. The maximum absolute atomic E-state index is 10.3. The number of ether oxygens (including phenoxy) is 2. The molecule has 0 fully saturated rings. The number of benzene rings is 2. The lowest BCUT2D eigenvalue weighted by molar-refractivity contribution is 0.0669. The van der Waals surface area contributed by atoms with Crippen LogP contribution in [0.25, 0.3) is 21.8 Å². The minimum atomic E-state index is -0.631. The van der Waals surface area contributed by atoms with Gasteiger partial charge in [-0.1, -0.05) is 23.7 Å². The van der Waals surface area contributed by atoms with Crippen molar-refractivity contribution in [3.63, 3.8) is 0 Å². The zero-order chi connectivity index (χ0) is 23.5. The number of rotatable bonds is 9. The van der Waals surface area contributed by atoms with Crippen molar-refractivity contribution in [3.05, 3.63) is 47.9 Å². The average molecular weight is 470 g/mol. The highest BCUT2D eigenvalue weighted by Crippen LogP contribution is 2.36. The number of aliphatic hydroxyl groups excluding tert-OH is 1. The highest BCUT2D eigenvalue weighted by molar-refractivity contribution is 6.36. The quantitative estimate of drug-likeness (QED) is 0.330. The Balaban J connectivity index is 1.60. The van der Waals surface area contributed by atoms with Gasteiger partial charge in [-0.3, -0.25) is 0 Å². The Labute approximate surface area is 197 Å². The molecule has 0 saturated carbocycles. The fourth-order valence-electron chi connectivity index (χ4n) is 3.57. The summed E-state index contributed by atoms with van der Waals surface area (Å²) in [4.78, 5) is 14.1. The van der Waals surface area contributed by atoms with Crippen molar-refractivity contribution in [1.82, 2.24) is 19.9 Å². The van der Waals surface area contributed by atoms with E-state index in [-0.39, 0.29) is 6.61 Å². The lowest BCUT2D eigenvalue weighted by Gasteiger charge is -2.24. The van der Waals surface area contributed by atoms with Gasteiger partial charge in [0.1, 0.15) is 24.9 Å². The summed E-state index contributed by atoms with van der Waals surface area (Å²) in [6.45, 7) is 4.81. The number of fused-ring (bicyclic) bond motifs is 2. The van der Waals surface area contributed by atoms with Gasteiger partial charge in [0, 0.05) is 35.6 Å². The summed E-state index contributed by atoms with van der Waals surface area (Å²) in [6, 6.07) is 9.81. The van der Waals surface area contributed by atoms with E-state index in [1.807, 2.05) is 31.3 Å². The lowest BCUT2D eigenvalue weighted by atomic mass is 10.2. The third-order valence-corrected chi connectivity index (χ3v) is 5.96. The number of aliphatic hydroxyl groups is 1. The van der Waals surface area contributed by atoms with Crippen LogP contribution in [0, 0.1) is 0 Å². The molecule has 0 radical (unpaired) electrons. The Morgan fingerprint density at radius 1 is 1.18 bits per heavy atom. The van der Waals surface area contributed by atoms with Gasteiger partial charge in [-0.15, -0.1) is 0 Å². The number of aromatic nitrogens is 3. The Morgan fingerprint density at radius 2 is 2.00 bits per heavy atom. The van der Waals surface area contributed by atoms with Crippen LogP contribution in [0.4, 0.5) is 11.5 Å². The molecule has 1 unspecified atom stereocenters. The zero-order valence-corrected chi connectivity index (χ0v) is 19.8. The van der Waals surface area contributed by atoms with Crippen molar-refractivity contribution >= 4 is 44.9 Å². The van der Waals surface area contributed by atoms with Gasteiger partial charge in [0.2, 0.25) is 0 Å². The largest absolute Gasteiger partial charge is 0.493 e. The summed E-state index contributed by atoms with van der Waals surface area (Å²) in [6.07, 6.45) is 2.62. The van der Waals surface area contributed by atoms with E-state index >= 15 is 0 Å².